The Morgan fingerprint density at radius 1 is 0.268 bits per heavy atom. The average molecular weight is 730 g/mol. The van der Waals surface area contributed by atoms with Crippen LogP contribution in [-0.2, 0) is 0 Å². The maximum atomic E-state index is 2.38. The lowest BCUT2D eigenvalue weighted by Crippen LogP contribution is -2.10. The van der Waals surface area contributed by atoms with Gasteiger partial charge in [-0.2, -0.15) is 0 Å². The molecule has 0 fully saturated rings. The highest BCUT2D eigenvalue weighted by Gasteiger charge is 2.16. The summed E-state index contributed by atoms with van der Waals surface area (Å²) in [7, 11) is 0. The van der Waals surface area contributed by atoms with Crippen LogP contribution in [0.5, 0.6) is 0 Å². The molecule has 1 nitrogen and oxygen atoms in total. The van der Waals surface area contributed by atoms with Crippen molar-refractivity contribution in [2.75, 3.05) is 4.90 Å². The minimum Gasteiger partial charge on any atom is -0.310 e. The summed E-state index contributed by atoms with van der Waals surface area (Å²) in [4.78, 5) is 2.38. The summed E-state index contributed by atoms with van der Waals surface area (Å²) in [5.41, 5.74) is 10.6. The molecule has 2 heteroatoms. The second-order valence-corrected chi connectivity index (χ2v) is 15.6. The Labute approximate surface area is 330 Å². The van der Waals surface area contributed by atoms with Crippen molar-refractivity contribution in [1.82, 2.24) is 0 Å². The fourth-order valence-electron chi connectivity index (χ4n) is 8.44. The highest BCUT2D eigenvalue weighted by molar-refractivity contribution is 7.25. The minimum atomic E-state index is 1.11. The molecule has 0 bridgehead atoms. The van der Waals surface area contributed by atoms with Crippen molar-refractivity contribution in [2.45, 2.75) is 0 Å². The van der Waals surface area contributed by atoms with Gasteiger partial charge in [0.1, 0.15) is 0 Å². The molecular weight excluding hydrogens is 695 g/mol. The van der Waals surface area contributed by atoms with Crippen LogP contribution in [0, 0.1) is 0 Å². The second-order valence-electron chi connectivity index (χ2n) is 14.5. The third-order valence-electron chi connectivity index (χ3n) is 11.2. The van der Waals surface area contributed by atoms with Crippen LogP contribution in [0.1, 0.15) is 0 Å². The Kier molecular flexibility index (Phi) is 7.75. The first-order valence-corrected chi connectivity index (χ1v) is 20.0. The van der Waals surface area contributed by atoms with Crippen LogP contribution < -0.4 is 4.90 Å². The van der Waals surface area contributed by atoms with Crippen molar-refractivity contribution in [3.8, 4) is 33.4 Å². The monoisotopic (exact) mass is 729 g/mol. The number of rotatable bonds is 6. The molecule has 0 saturated carbocycles. The smallest absolute Gasteiger partial charge is 0.0467 e. The zero-order valence-corrected chi connectivity index (χ0v) is 31.4. The van der Waals surface area contributed by atoms with Crippen molar-refractivity contribution in [2.24, 2.45) is 0 Å². The molecule has 0 aliphatic carbocycles. The van der Waals surface area contributed by atoms with Gasteiger partial charge in [-0.1, -0.05) is 152 Å². The van der Waals surface area contributed by atoms with Gasteiger partial charge >= 0.3 is 0 Å². The molecule has 0 atom stereocenters. The lowest BCUT2D eigenvalue weighted by molar-refractivity contribution is 1.28. The summed E-state index contributed by atoms with van der Waals surface area (Å²) in [6.07, 6.45) is 0. The predicted octanol–water partition coefficient (Wildman–Crippen LogP) is 16.0. The zero-order chi connectivity index (χ0) is 37.0. The normalized spacial score (nSPS) is 11.6. The molecule has 56 heavy (non-hydrogen) atoms. The summed E-state index contributed by atoms with van der Waals surface area (Å²) < 4.78 is 2.65. The SMILES string of the molecule is c1cc(-c2cccc3ccccc23)cc(N(c2ccc(-c3ccc4c(ccc5ccccc54)c3)cc2)c2ccc(-c3ccc4sc5ccccc5c4c3)cc2)c1. The van der Waals surface area contributed by atoms with Crippen LogP contribution >= 0.6 is 11.3 Å². The van der Waals surface area contributed by atoms with E-state index in [1.165, 1.54) is 85.9 Å². The molecular formula is C54H35NS. The number of benzene rings is 10. The number of hydrogen-bond acceptors (Lipinski definition) is 2. The van der Waals surface area contributed by atoms with E-state index in [1.54, 1.807) is 0 Å². The van der Waals surface area contributed by atoms with E-state index in [1.807, 2.05) is 11.3 Å². The molecule has 11 aromatic rings. The molecule has 0 aliphatic heterocycles. The second kappa shape index (κ2) is 13.4. The van der Waals surface area contributed by atoms with Crippen molar-refractivity contribution in [3.05, 3.63) is 212 Å². The van der Waals surface area contributed by atoms with Crippen LogP contribution in [0.15, 0.2) is 212 Å². The van der Waals surface area contributed by atoms with Crippen LogP contribution in [0.4, 0.5) is 17.1 Å². The molecule has 0 saturated heterocycles. The largest absolute Gasteiger partial charge is 0.310 e. The van der Waals surface area contributed by atoms with Crippen molar-refractivity contribution < 1.29 is 0 Å². The summed E-state index contributed by atoms with van der Waals surface area (Å²) in [5.74, 6) is 0. The number of anilines is 3. The van der Waals surface area contributed by atoms with Crippen molar-refractivity contribution in [3.63, 3.8) is 0 Å². The molecule has 0 N–H and O–H groups in total. The average Bonchev–Trinajstić information content (AvgIpc) is 3.65. The molecule has 10 aromatic carbocycles. The Bertz CT molecular complexity index is 3240. The van der Waals surface area contributed by atoms with Gasteiger partial charge in [0.05, 0.1) is 0 Å². The highest BCUT2D eigenvalue weighted by atomic mass is 32.1. The summed E-state index contributed by atoms with van der Waals surface area (Å²) in [6, 6.07) is 77.8. The maximum absolute atomic E-state index is 2.38. The van der Waals surface area contributed by atoms with Gasteiger partial charge in [0.2, 0.25) is 0 Å². The van der Waals surface area contributed by atoms with Gasteiger partial charge in [-0.3, -0.25) is 0 Å². The maximum Gasteiger partial charge on any atom is 0.0467 e. The molecule has 0 aliphatic rings. The minimum absolute atomic E-state index is 1.11. The van der Waals surface area contributed by atoms with E-state index in [0.717, 1.165) is 17.1 Å². The first-order chi connectivity index (χ1) is 27.7. The molecule has 0 amide bonds. The van der Waals surface area contributed by atoms with E-state index in [0.29, 0.717) is 0 Å². The van der Waals surface area contributed by atoms with E-state index in [4.69, 9.17) is 0 Å². The molecule has 1 aromatic heterocycles. The summed E-state index contributed by atoms with van der Waals surface area (Å²) >= 11 is 1.86. The molecule has 1 heterocycles. The Morgan fingerprint density at radius 2 is 0.821 bits per heavy atom. The Morgan fingerprint density at radius 3 is 1.61 bits per heavy atom. The predicted molar refractivity (Wildman–Crippen MR) is 243 cm³/mol. The Balaban J connectivity index is 0.997. The van der Waals surface area contributed by atoms with Gasteiger partial charge in [0.25, 0.3) is 0 Å². The molecule has 11 rings (SSSR count). The van der Waals surface area contributed by atoms with Gasteiger partial charge in [0.15, 0.2) is 0 Å². The summed E-state index contributed by atoms with van der Waals surface area (Å²) in [6.45, 7) is 0. The van der Waals surface area contributed by atoms with E-state index in [-0.39, 0.29) is 0 Å². The molecule has 0 unspecified atom stereocenters. The lowest BCUT2D eigenvalue weighted by atomic mass is 9.97. The third kappa shape index (κ3) is 5.62. The van der Waals surface area contributed by atoms with Crippen LogP contribution in [0.25, 0.3) is 85.9 Å². The molecule has 0 radical (unpaired) electrons. The van der Waals surface area contributed by atoms with E-state index in [9.17, 15) is 0 Å². The fraction of sp³-hybridized carbons (Fsp3) is 0. The van der Waals surface area contributed by atoms with Crippen LogP contribution in [0.2, 0.25) is 0 Å². The number of hydrogen-bond donors (Lipinski definition) is 0. The van der Waals surface area contributed by atoms with Crippen molar-refractivity contribution >= 4 is 80.9 Å². The van der Waals surface area contributed by atoms with Crippen LogP contribution in [0.3, 0.4) is 0 Å². The first kappa shape index (κ1) is 32.4. The van der Waals surface area contributed by atoms with Crippen molar-refractivity contribution in [1.29, 1.82) is 0 Å². The molecule has 262 valence electrons. The standard InChI is InChI=1S/C54H35NS/c1-3-14-47-38(9-1)11-8-17-49(47)42-12-7-13-46(34-42)55(45-29-23-37(24-30-45)41-26-32-54-52(35-41)51-16-5-6-18-53(51)56-54)44-27-21-36(22-28-44)40-25-31-50-43(33-40)20-19-39-10-2-4-15-48(39)50/h1-35H. The molecule has 0 spiro atoms. The van der Waals surface area contributed by atoms with Gasteiger partial charge in [-0.25, -0.2) is 0 Å². The lowest BCUT2D eigenvalue weighted by Gasteiger charge is -2.26. The van der Waals surface area contributed by atoms with Gasteiger partial charge in [0, 0.05) is 37.2 Å². The zero-order valence-electron chi connectivity index (χ0n) is 30.6. The van der Waals surface area contributed by atoms with Crippen LogP contribution in [-0.4, -0.2) is 0 Å². The number of thiophene rings is 1. The highest BCUT2D eigenvalue weighted by Crippen LogP contribution is 2.41. The Hall–Kier alpha value is -7.00. The third-order valence-corrected chi connectivity index (χ3v) is 12.4. The van der Waals surface area contributed by atoms with Gasteiger partial charge in [-0.15, -0.1) is 11.3 Å². The number of fused-ring (bicyclic) bond motifs is 7. The fourth-order valence-corrected chi connectivity index (χ4v) is 9.53. The van der Waals surface area contributed by atoms with Gasteiger partial charge in [-0.05, 0) is 126 Å². The number of nitrogens with zero attached hydrogens (tertiary/aromatic N) is 1. The quantitative estimate of drug-likeness (QED) is 0.154. The first-order valence-electron chi connectivity index (χ1n) is 19.2. The van der Waals surface area contributed by atoms with Gasteiger partial charge < -0.3 is 4.90 Å². The van der Waals surface area contributed by atoms with E-state index >= 15 is 0 Å². The van der Waals surface area contributed by atoms with E-state index < -0.39 is 0 Å². The van der Waals surface area contributed by atoms with E-state index in [2.05, 4.69) is 217 Å². The topological polar surface area (TPSA) is 3.24 Å². The summed E-state index contributed by atoms with van der Waals surface area (Å²) in [5, 5.41) is 10.2.